The van der Waals surface area contributed by atoms with Crippen LogP contribution in [0.4, 0.5) is 0 Å². The molecule has 2 heterocycles. The van der Waals surface area contributed by atoms with Crippen LogP contribution in [-0.2, 0) is 16.6 Å². The van der Waals surface area contributed by atoms with Gasteiger partial charge in [-0.2, -0.15) is 5.10 Å². The fourth-order valence-corrected chi connectivity index (χ4v) is 3.19. The van der Waals surface area contributed by atoms with E-state index in [1.165, 1.54) is 0 Å². The van der Waals surface area contributed by atoms with Crippen LogP contribution < -0.4 is 10.6 Å². The molecule has 124 valence electrons. The Labute approximate surface area is 132 Å². The molecular weight excluding hydrogens is 280 g/mol. The van der Waals surface area contributed by atoms with Crippen LogP contribution in [0.1, 0.15) is 38.3 Å². The maximum Gasteiger partial charge on any atom is 0.241 e. The second-order valence-electron chi connectivity index (χ2n) is 6.40. The number of amides is 1. The molecule has 1 saturated heterocycles. The Bertz CT molecular complexity index is 486. The number of ether oxygens (including phenoxy) is 1. The minimum Gasteiger partial charge on any atom is -0.378 e. The van der Waals surface area contributed by atoms with E-state index in [-0.39, 0.29) is 18.1 Å². The fourth-order valence-electron chi connectivity index (χ4n) is 3.19. The van der Waals surface area contributed by atoms with Gasteiger partial charge in [0.2, 0.25) is 5.91 Å². The molecule has 6 nitrogen and oxygen atoms in total. The summed E-state index contributed by atoms with van der Waals surface area (Å²) in [6.45, 7) is 5.86. The number of hydrogen-bond acceptors (Lipinski definition) is 4. The Balaban J connectivity index is 1.93. The van der Waals surface area contributed by atoms with Crippen molar-refractivity contribution in [3.63, 3.8) is 0 Å². The zero-order chi connectivity index (χ0) is 16.1. The molecule has 0 saturated carbocycles. The zero-order valence-corrected chi connectivity index (χ0v) is 14.0. The van der Waals surface area contributed by atoms with Crippen LogP contribution in [0.2, 0.25) is 0 Å². The Morgan fingerprint density at radius 1 is 1.55 bits per heavy atom. The first-order valence-electron chi connectivity index (χ1n) is 8.08. The molecule has 1 aromatic heterocycles. The second kappa shape index (κ2) is 7.74. The number of aryl methyl sites for hydroxylation is 1. The molecule has 1 fully saturated rings. The number of carbonyl (C=O) groups excluding carboxylic acids is 1. The van der Waals surface area contributed by atoms with Gasteiger partial charge in [0.15, 0.2) is 0 Å². The number of rotatable bonds is 6. The average Bonchev–Trinajstić information content (AvgIpc) is 2.92. The van der Waals surface area contributed by atoms with Crippen molar-refractivity contribution in [1.82, 2.24) is 20.4 Å². The number of aromatic nitrogens is 2. The van der Waals surface area contributed by atoms with Crippen LogP contribution in [0, 0.1) is 11.8 Å². The Morgan fingerprint density at radius 2 is 2.32 bits per heavy atom. The number of nitrogens with zero attached hydrogens (tertiary/aromatic N) is 2. The van der Waals surface area contributed by atoms with E-state index in [0.29, 0.717) is 18.4 Å². The third-order valence-electron chi connectivity index (χ3n) is 4.30. The van der Waals surface area contributed by atoms with E-state index in [4.69, 9.17) is 4.74 Å². The van der Waals surface area contributed by atoms with Crippen LogP contribution in [0.5, 0.6) is 0 Å². The summed E-state index contributed by atoms with van der Waals surface area (Å²) in [4.78, 5) is 12.5. The SMILES string of the molecule is CNC(C(=O)NCC1CCCOC1C(C)C)c1cnn(C)c1. The van der Waals surface area contributed by atoms with Crippen molar-refractivity contribution in [1.29, 1.82) is 0 Å². The lowest BCUT2D eigenvalue weighted by Crippen LogP contribution is -2.44. The van der Waals surface area contributed by atoms with Gasteiger partial charge in [0.1, 0.15) is 6.04 Å². The minimum absolute atomic E-state index is 0.0106. The third kappa shape index (κ3) is 4.08. The lowest BCUT2D eigenvalue weighted by atomic mass is 9.87. The normalized spacial score (nSPS) is 23.5. The van der Waals surface area contributed by atoms with Crippen LogP contribution >= 0.6 is 0 Å². The van der Waals surface area contributed by atoms with Gasteiger partial charge >= 0.3 is 0 Å². The lowest BCUT2D eigenvalue weighted by molar-refractivity contribution is -0.124. The summed E-state index contributed by atoms with van der Waals surface area (Å²) in [7, 11) is 3.64. The number of likely N-dealkylation sites (N-methyl/N-ethyl adjacent to an activating group) is 1. The van der Waals surface area contributed by atoms with E-state index in [0.717, 1.165) is 25.0 Å². The highest BCUT2D eigenvalue weighted by molar-refractivity contribution is 5.83. The molecule has 22 heavy (non-hydrogen) atoms. The number of nitrogens with one attached hydrogen (secondary N) is 2. The molecule has 0 radical (unpaired) electrons. The van der Waals surface area contributed by atoms with Crippen molar-refractivity contribution < 1.29 is 9.53 Å². The van der Waals surface area contributed by atoms with Crippen LogP contribution in [0.3, 0.4) is 0 Å². The lowest BCUT2D eigenvalue weighted by Gasteiger charge is -2.34. The molecule has 0 spiro atoms. The van der Waals surface area contributed by atoms with E-state index < -0.39 is 0 Å². The van der Waals surface area contributed by atoms with Crippen molar-refractivity contribution >= 4 is 5.91 Å². The predicted octanol–water partition coefficient (Wildman–Crippen LogP) is 1.25. The summed E-state index contributed by atoms with van der Waals surface area (Å²) in [6, 6.07) is -0.365. The molecule has 1 aromatic rings. The maximum atomic E-state index is 12.5. The number of hydrogen-bond donors (Lipinski definition) is 2. The van der Waals surface area contributed by atoms with Gasteiger partial charge in [-0.25, -0.2) is 0 Å². The van der Waals surface area contributed by atoms with Crippen molar-refractivity contribution in [2.75, 3.05) is 20.2 Å². The Kier molecular flexibility index (Phi) is 5.97. The summed E-state index contributed by atoms with van der Waals surface area (Å²) in [6.07, 6.45) is 6.01. The molecule has 0 aromatic carbocycles. The summed E-state index contributed by atoms with van der Waals surface area (Å²) >= 11 is 0. The molecule has 3 unspecified atom stereocenters. The van der Waals surface area contributed by atoms with Crippen molar-refractivity contribution in [2.24, 2.45) is 18.9 Å². The van der Waals surface area contributed by atoms with E-state index in [1.54, 1.807) is 17.9 Å². The highest BCUT2D eigenvalue weighted by Crippen LogP contribution is 2.26. The highest BCUT2D eigenvalue weighted by Gasteiger charge is 2.29. The van der Waals surface area contributed by atoms with Crippen molar-refractivity contribution in [2.45, 2.75) is 38.8 Å². The van der Waals surface area contributed by atoms with Crippen LogP contribution in [0.25, 0.3) is 0 Å². The van der Waals surface area contributed by atoms with E-state index in [9.17, 15) is 4.79 Å². The fraction of sp³-hybridized carbons (Fsp3) is 0.750. The van der Waals surface area contributed by atoms with E-state index in [1.807, 2.05) is 13.2 Å². The Hall–Kier alpha value is -1.40. The zero-order valence-electron chi connectivity index (χ0n) is 14.0. The first-order valence-corrected chi connectivity index (χ1v) is 8.08. The first-order chi connectivity index (χ1) is 10.5. The largest absolute Gasteiger partial charge is 0.378 e. The molecule has 6 heteroatoms. The smallest absolute Gasteiger partial charge is 0.241 e. The maximum absolute atomic E-state index is 12.5. The summed E-state index contributed by atoms with van der Waals surface area (Å²) < 4.78 is 7.58. The van der Waals surface area contributed by atoms with E-state index in [2.05, 4.69) is 29.6 Å². The molecule has 1 amide bonds. The van der Waals surface area contributed by atoms with Gasteiger partial charge in [-0.3, -0.25) is 9.48 Å². The third-order valence-corrected chi connectivity index (χ3v) is 4.30. The molecule has 1 aliphatic rings. The second-order valence-corrected chi connectivity index (χ2v) is 6.40. The summed E-state index contributed by atoms with van der Waals surface area (Å²) in [5, 5.41) is 10.3. The van der Waals surface area contributed by atoms with Gasteiger partial charge < -0.3 is 15.4 Å². The topological polar surface area (TPSA) is 68.2 Å². The monoisotopic (exact) mass is 308 g/mol. The van der Waals surface area contributed by atoms with Crippen molar-refractivity contribution in [3.05, 3.63) is 18.0 Å². The quantitative estimate of drug-likeness (QED) is 0.830. The number of carbonyl (C=O) groups is 1. The Morgan fingerprint density at radius 3 is 2.91 bits per heavy atom. The summed E-state index contributed by atoms with van der Waals surface area (Å²) in [5.74, 6) is 0.855. The minimum atomic E-state index is -0.365. The molecule has 0 bridgehead atoms. The van der Waals surface area contributed by atoms with Gasteiger partial charge in [-0.05, 0) is 25.8 Å². The standard InChI is InChI=1S/C16H28N4O2/c1-11(2)15-12(6-5-7-22-15)8-18-16(21)14(17-3)13-9-19-20(4)10-13/h9-12,14-15,17H,5-8H2,1-4H3,(H,18,21). The molecule has 0 aliphatic carbocycles. The first kappa shape index (κ1) is 17.0. The predicted molar refractivity (Wildman–Crippen MR) is 85.3 cm³/mol. The molecule has 2 N–H and O–H groups in total. The average molecular weight is 308 g/mol. The summed E-state index contributed by atoms with van der Waals surface area (Å²) in [5.41, 5.74) is 0.878. The molecule has 2 rings (SSSR count). The van der Waals surface area contributed by atoms with E-state index >= 15 is 0 Å². The van der Waals surface area contributed by atoms with Gasteiger partial charge in [0.05, 0.1) is 12.3 Å². The van der Waals surface area contributed by atoms with Crippen LogP contribution in [-0.4, -0.2) is 42.0 Å². The van der Waals surface area contributed by atoms with Gasteiger partial charge in [0.25, 0.3) is 0 Å². The van der Waals surface area contributed by atoms with Gasteiger partial charge in [-0.1, -0.05) is 13.8 Å². The molecule has 1 aliphatic heterocycles. The molecular formula is C16H28N4O2. The highest BCUT2D eigenvalue weighted by atomic mass is 16.5. The van der Waals surface area contributed by atoms with Crippen LogP contribution in [0.15, 0.2) is 12.4 Å². The molecule has 3 atom stereocenters. The van der Waals surface area contributed by atoms with Gasteiger partial charge in [-0.15, -0.1) is 0 Å². The van der Waals surface area contributed by atoms with Crippen molar-refractivity contribution in [3.8, 4) is 0 Å². The van der Waals surface area contributed by atoms with Gasteiger partial charge in [0, 0.05) is 37.9 Å².